The van der Waals surface area contributed by atoms with E-state index < -0.39 is 15.9 Å². The van der Waals surface area contributed by atoms with Gasteiger partial charge in [-0.1, -0.05) is 18.9 Å². The van der Waals surface area contributed by atoms with Crippen LogP contribution in [0.4, 0.5) is 10.5 Å². The Hall–Kier alpha value is -2.25. The Labute approximate surface area is 178 Å². The lowest BCUT2D eigenvalue weighted by Gasteiger charge is -2.15. The second kappa shape index (κ2) is 7.78. The highest BCUT2D eigenvalue weighted by atomic mass is 32.2. The Morgan fingerprint density at radius 2 is 1.70 bits per heavy atom. The highest BCUT2D eigenvalue weighted by Gasteiger charge is 2.25. The number of hydrogen-bond donors (Lipinski definition) is 2. The van der Waals surface area contributed by atoms with Gasteiger partial charge in [-0.3, -0.25) is 4.98 Å². The van der Waals surface area contributed by atoms with Gasteiger partial charge in [-0.25, -0.2) is 14.1 Å². The summed E-state index contributed by atoms with van der Waals surface area (Å²) in [7, 11) is -3.35. The molecule has 0 bridgehead atoms. The molecule has 7 heteroatoms. The lowest BCUT2D eigenvalue weighted by molar-refractivity contribution is 0.260. The van der Waals surface area contributed by atoms with Crippen LogP contribution in [-0.4, -0.2) is 15.2 Å². The Morgan fingerprint density at radius 3 is 2.30 bits per heavy atom. The molecule has 1 fully saturated rings. The first-order valence-electron chi connectivity index (χ1n) is 11.0. The zero-order chi connectivity index (χ0) is 20.7. The Kier molecular flexibility index (Phi) is 5.11. The topological polar surface area (TPSA) is 97.4 Å². The van der Waals surface area contributed by atoms with E-state index in [4.69, 9.17) is 5.14 Å². The molecule has 0 aliphatic heterocycles. The van der Waals surface area contributed by atoms with Gasteiger partial charge in [0.25, 0.3) is 0 Å². The standard InChI is InChI=1S/C23H28N4O2S/c24-30(29,18-11-12-21(25-14-18)15-5-1-2-6-15)27-23(28)26-22-19-9-3-7-16(19)13-17-8-4-10-20(17)22/h11-15H,1-10H2,(H3,24,26,27,28,29)/t30-/m0/s1. The van der Waals surface area contributed by atoms with Crippen LogP contribution in [0.25, 0.3) is 0 Å². The molecule has 1 aromatic heterocycles. The number of urea groups is 1. The summed E-state index contributed by atoms with van der Waals surface area (Å²) < 4.78 is 16.9. The number of carbonyl (C=O) groups is 1. The second-order valence-electron chi connectivity index (χ2n) is 8.72. The third kappa shape index (κ3) is 3.65. The normalized spacial score (nSPS) is 19.9. The van der Waals surface area contributed by atoms with E-state index in [1.807, 2.05) is 6.07 Å². The first-order valence-corrected chi connectivity index (χ1v) is 12.6. The first-order chi connectivity index (χ1) is 14.5. The molecule has 0 spiro atoms. The van der Waals surface area contributed by atoms with E-state index in [1.54, 1.807) is 6.07 Å². The minimum atomic E-state index is -3.35. The number of benzene rings is 1. The van der Waals surface area contributed by atoms with Crippen molar-refractivity contribution in [3.63, 3.8) is 0 Å². The summed E-state index contributed by atoms with van der Waals surface area (Å²) in [5.74, 6) is 0.468. The van der Waals surface area contributed by atoms with Crippen LogP contribution in [0.15, 0.2) is 33.7 Å². The molecule has 1 aromatic carbocycles. The van der Waals surface area contributed by atoms with Crippen LogP contribution in [0.3, 0.4) is 0 Å². The van der Waals surface area contributed by atoms with Crippen LogP contribution in [0.1, 0.15) is 72.4 Å². The van der Waals surface area contributed by atoms with E-state index in [0.717, 1.165) is 62.7 Å². The predicted molar refractivity (Wildman–Crippen MR) is 118 cm³/mol. The molecule has 0 unspecified atom stereocenters. The van der Waals surface area contributed by atoms with Crippen LogP contribution in [-0.2, 0) is 35.6 Å². The molecule has 0 saturated heterocycles. The number of nitrogens with one attached hydrogen (secondary N) is 1. The molecule has 3 aliphatic rings. The van der Waals surface area contributed by atoms with Crippen molar-refractivity contribution in [3.05, 3.63) is 52.3 Å². The van der Waals surface area contributed by atoms with Gasteiger partial charge < -0.3 is 5.32 Å². The third-order valence-electron chi connectivity index (χ3n) is 6.79. The van der Waals surface area contributed by atoms with E-state index >= 15 is 0 Å². The van der Waals surface area contributed by atoms with Crippen molar-refractivity contribution >= 4 is 21.6 Å². The van der Waals surface area contributed by atoms with Gasteiger partial charge in [-0.2, -0.15) is 0 Å². The zero-order valence-electron chi connectivity index (χ0n) is 17.2. The van der Waals surface area contributed by atoms with Crippen molar-refractivity contribution in [2.24, 2.45) is 9.50 Å². The number of anilines is 1. The van der Waals surface area contributed by atoms with Crippen molar-refractivity contribution < 1.29 is 9.00 Å². The minimum Gasteiger partial charge on any atom is -0.305 e. The third-order valence-corrected chi connectivity index (χ3v) is 8.15. The van der Waals surface area contributed by atoms with Crippen molar-refractivity contribution in [1.29, 1.82) is 0 Å². The minimum absolute atomic E-state index is 0.294. The smallest absolute Gasteiger partial charge is 0.305 e. The largest absolute Gasteiger partial charge is 0.354 e. The summed E-state index contributed by atoms with van der Waals surface area (Å²) in [6.07, 6.45) is 12.5. The molecular weight excluding hydrogens is 396 g/mol. The van der Waals surface area contributed by atoms with Gasteiger partial charge in [-0.05, 0) is 85.8 Å². The monoisotopic (exact) mass is 424 g/mol. The van der Waals surface area contributed by atoms with Crippen LogP contribution in [0.2, 0.25) is 0 Å². The number of aromatic nitrogens is 1. The highest BCUT2D eigenvalue weighted by Crippen LogP contribution is 2.38. The second-order valence-corrected chi connectivity index (χ2v) is 10.5. The van der Waals surface area contributed by atoms with E-state index in [1.165, 1.54) is 41.3 Å². The quantitative estimate of drug-likeness (QED) is 0.750. The summed E-state index contributed by atoms with van der Waals surface area (Å²) in [5.41, 5.74) is 6.97. The van der Waals surface area contributed by atoms with Crippen LogP contribution in [0, 0.1) is 0 Å². The molecule has 3 aliphatic carbocycles. The first kappa shape index (κ1) is 19.7. The molecule has 1 heterocycles. The molecule has 158 valence electrons. The fourth-order valence-corrected chi connectivity index (χ4v) is 6.16. The molecule has 2 aromatic rings. The van der Waals surface area contributed by atoms with Crippen LogP contribution < -0.4 is 10.5 Å². The lowest BCUT2D eigenvalue weighted by atomic mass is 9.99. The molecule has 5 rings (SSSR count). The molecule has 30 heavy (non-hydrogen) atoms. The number of nitrogens with zero attached hydrogens (tertiary/aromatic N) is 2. The summed E-state index contributed by atoms with van der Waals surface area (Å²) in [6, 6.07) is 5.25. The number of fused-ring (bicyclic) bond motifs is 2. The number of amides is 2. The number of carbonyl (C=O) groups excluding carboxylic acids is 1. The molecule has 1 atom stereocenters. The Balaban J connectivity index is 1.40. The van der Waals surface area contributed by atoms with Gasteiger partial charge in [0.05, 0.1) is 4.90 Å². The summed E-state index contributed by atoms with van der Waals surface area (Å²) >= 11 is 0. The number of nitrogens with two attached hydrogens (primary N) is 1. The zero-order valence-corrected chi connectivity index (χ0v) is 18.0. The Morgan fingerprint density at radius 1 is 1.03 bits per heavy atom. The fourth-order valence-electron chi connectivity index (χ4n) is 5.30. The number of pyridine rings is 1. The Bertz CT molecular complexity index is 1080. The number of hydrogen-bond acceptors (Lipinski definition) is 3. The van der Waals surface area contributed by atoms with Crippen LogP contribution >= 0.6 is 0 Å². The van der Waals surface area contributed by atoms with Crippen molar-refractivity contribution in [2.45, 2.75) is 75.0 Å². The predicted octanol–water partition coefficient (Wildman–Crippen LogP) is 4.65. The van der Waals surface area contributed by atoms with E-state index in [9.17, 15) is 9.00 Å². The molecule has 2 amide bonds. The van der Waals surface area contributed by atoms with E-state index in [-0.39, 0.29) is 0 Å². The summed E-state index contributed by atoms with van der Waals surface area (Å²) in [6.45, 7) is 0. The fraction of sp³-hybridized carbons (Fsp3) is 0.478. The molecule has 6 nitrogen and oxygen atoms in total. The number of aryl methyl sites for hydroxylation is 2. The molecule has 1 saturated carbocycles. The molecular formula is C23H28N4O2S. The lowest BCUT2D eigenvalue weighted by Crippen LogP contribution is -2.19. The maximum atomic E-state index is 13.0. The van der Waals surface area contributed by atoms with Crippen molar-refractivity contribution in [2.75, 3.05) is 5.32 Å². The average Bonchev–Trinajstić information content (AvgIpc) is 3.48. The maximum Gasteiger partial charge on any atom is 0.354 e. The van der Waals surface area contributed by atoms with E-state index in [2.05, 4.69) is 20.7 Å². The van der Waals surface area contributed by atoms with Crippen LogP contribution in [0.5, 0.6) is 0 Å². The summed E-state index contributed by atoms with van der Waals surface area (Å²) in [5, 5.41) is 8.92. The SMILES string of the molecule is N[S@](=O)(=NC(=O)Nc1c2c(cc3c1CCC3)CCC2)c1ccc(C2CCCC2)nc1. The average molecular weight is 425 g/mol. The molecule has 0 radical (unpaired) electrons. The van der Waals surface area contributed by atoms with Gasteiger partial charge in [0.2, 0.25) is 0 Å². The number of rotatable bonds is 3. The van der Waals surface area contributed by atoms with Gasteiger partial charge in [0, 0.05) is 23.5 Å². The highest BCUT2D eigenvalue weighted by molar-refractivity contribution is 7.91. The van der Waals surface area contributed by atoms with E-state index in [0.29, 0.717) is 10.8 Å². The summed E-state index contributed by atoms with van der Waals surface area (Å²) in [4.78, 5) is 17.5. The molecule has 3 N–H and O–H groups in total. The van der Waals surface area contributed by atoms with Crippen molar-refractivity contribution in [1.82, 2.24) is 4.98 Å². The maximum absolute atomic E-state index is 13.0. The van der Waals surface area contributed by atoms with Crippen molar-refractivity contribution in [3.8, 4) is 0 Å². The van der Waals surface area contributed by atoms with Gasteiger partial charge in [-0.15, -0.1) is 4.36 Å². The van der Waals surface area contributed by atoms with Gasteiger partial charge in [0.15, 0.2) is 0 Å². The van der Waals surface area contributed by atoms with Gasteiger partial charge in [0.1, 0.15) is 9.92 Å². The van der Waals surface area contributed by atoms with Gasteiger partial charge >= 0.3 is 6.03 Å².